The molecule has 1 aromatic carbocycles. The first-order valence-corrected chi connectivity index (χ1v) is 6.74. The van der Waals surface area contributed by atoms with Crippen molar-refractivity contribution in [2.75, 3.05) is 0 Å². The van der Waals surface area contributed by atoms with Gasteiger partial charge in [-0.05, 0) is 52.9 Å². The molecule has 6 nitrogen and oxygen atoms in total. The third-order valence-corrected chi connectivity index (χ3v) is 3.71. The molecule has 0 aliphatic carbocycles. The first kappa shape index (κ1) is 13.9. The van der Waals surface area contributed by atoms with Crippen LogP contribution in [-0.4, -0.2) is 31.3 Å². The second-order valence-electron chi connectivity index (χ2n) is 4.83. The zero-order chi connectivity index (χ0) is 14.0. The number of aromatic nitrogens is 4. The van der Waals surface area contributed by atoms with Crippen molar-refractivity contribution >= 4 is 28.6 Å². The Morgan fingerprint density at radius 3 is 2.74 bits per heavy atom. The number of hydrogen-bond acceptors (Lipinski definition) is 4. The molecule has 7 heteroatoms. The molecule has 0 saturated heterocycles. The lowest BCUT2D eigenvalue weighted by Crippen LogP contribution is -2.30. The number of benzene rings is 1. The minimum atomic E-state index is -0.926. The smallest absolute Gasteiger partial charge is 0.310 e. The Bertz CT molecular complexity index is 609. The van der Waals surface area contributed by atoms with Crippen LogP contribution in [0.15, 0.2) is 24.3 Å². The minimum Gasteiger partial charge on any atom is -0.481 e. The summed E-state index contributed by atoms with van der Waals surface area (Å²) >= 11 is 2.20. The number of hydrogen-bond donors (Lipinski definition) is 1. The number of rotatable bonds is 4. The molecule has 0 radical (unpaired) electrons. The number of halogens is 1. The average Bonchev–Trinajstić information content (AvgIpc) is 2.77. The number of carboxylic acids is 1. The topological polar surface area (TPSA) is 80.9 Å². The minimum absolute atomic E-state index is 0.218. The highest BCUT2D eigenvalue weighted by Gasteiger charge is 2.29. The van der Waals surface area contributed by atoms with Crippen LogP contribution >= 0.6 is 22.6 Å². The molecule has 1 aromatic heterocycles. The van der Waals surface area contributed by atoms with Crippen LogP contribution < -0.4 is 0 Å². The van der Waals surface area contributed by atoms with Crippen LogP contribution in [0.2, 0.25) is 0 Å². The Hall–Kier alpha value is -1.51. The van der Waals surface area contributed by atoms with Crippen molar-refractivity contribution in [3.05, 3.63) is 27.8 Å². The summed E-state index contributed by atoms with van der Waals surface area (Å²) in [6.45, 7) is 3.52. The standard InChI is InChI=1S/C12H13IN4O2/c1-12(2,11(18)19)7-17-10(14-15-16-17)8-5-3-4-6-9(8)13/h3-6H,7H2,1-2H3,(H,18,19). The lowest BCUT2D eigenvalue weighted by molar-refractivity contribution is -0.147. The van der Waals surface area contributed by atoms with E-state index in [1.807, 2.05) is 24.3 Å². The van der Waals surface area contributed by atoms with Crippen LogP contribution in [0.3, 0.4) is 0 Å². The number of tetrazole rings is 1. The molecule has 2 aromatic rings. The van der Waals surface area contributed by atoms with Gasteiger partial charge in [-0.3, -0.25) is 4.79 Å². The summed E-state index contributed by atoms with van der Waals surface area (Å²) in [7, 11) is 0. The molecule has 2 rings (SSSR count). The van der Waals surface area contributed by atoms with Gasteiger partial charge in [0.25, 0.3) is 0 Å². The van der Waals surface area contributed by atoms with Crippen molar-refractivity contribution in [2.24, 2.45) is 5.41 Å². The van der Waals surface area contributed by atoms with Crippen molar-refractivity contribution in [3.8, 4) is 11.4 Å². The van der Waals surface area contributed by atoms with E-state index in [2.05, 4.69) is 38.1 Å². The second kappa shape index (κ2) is 5.24. The molecule has 1 N–H and O–H groups in total. The van der Waals surface area contributed by atoms with Gasteiger partial charge in [0, 0.05) is 9.13 Å². The molecular formula is C12H13IN4O2. The summed E-state index contributed by atoms with van der Waals surface area (Å²) in [6.07, 6.45) is 0. The maximum Gasteiger partial charge on any atom is 0.310 e. The normalized spacial score (nSPS) is 11.5. The maximum absolute atomic E-state index is 11.2. The zero-order valence-corrected chi connectivity index (χ0v) is 12.7. The van der Waals surface area contributed by atoms with Gasteiger partial charge in [-0.15, -0.1) is 5.10 Å². The van der Waals surface area contributed by atoms with Gasteiger partial charge in [0.2, 0.25) is 0 Å². The van der Waals surface area contributed by atoms with E-state index < -0.39 is 11.4 Å². The van der Waals surface area contributed by atoms with E-state index >= 15 is 0 Å². The van der Waals surface area contributed by atoms with Crippen LogP contribution in [0.1, 0.15) is 13.8 Å². The second-order valence-corrected chi connectivity index (χ2v) is 5.99. The third-order valence-electron chi connectivity index (χ3n) is 2.77. The van der Waals surface area contributed by atoms with Crippen LogP contribution in [0.25, 0.3) is 11.4 Å². The molecule has 0 amide bonds. The average molecular weight is 372 g/mol. The van der Waals surface area contributed by atoms with Gasteiger partial charge < -0.3 is 5.11 Å². The first-order chi connectivity index (χ1) is 8.92. The van der Waals surface area contributed by atoms with E-state index in [1.165, 1.54) is 4.68 Å². The predicted molar refractivity (Wildman–Crippen MR) is 77.4 cm³/mol. The lowest BCUT2D eigenvalue weighted by Gasteiger charge is -2.19. The summed E-state index contributed by atoms with van der Waals surface area (Å²) in [5.74, 6) is -0.295. The summed E-state index contributed by atoms with van der Waals surface area (Å²) in [5.41, 5.74) is -0.0288. The largest absolute Gasteiger partial charge is 0.481 e. The van der Waals surface area contributed by atoms with Gasteiger partial charge >= 0.3 is 5.97 Å². The molecule has 0 spiro atoms. The maximum atomic E-state index is 11.2. The van der Waals surface area contributed by atoms with E-state index in [0.29, 0.717) is 5.82 Å². The number of aliphatic carboxylic acids is 1. The van der Waals surface area contributed by atoms with Crippen LogP contribution in [0, 0.1) is 8.99 Å². The summed E-state index contributed by atoms with van der Waals surface area (Å²) in [5, 5.41) is 20.7. The summed E-state index contributed by atoms with van der Waals surface area (Å²) in [6, 6.07) is 7.70. The van der Waals surface area contributed by atoms with Crippen molar-refractivity contribution in [1.82, 2.24) is 20.2 Å². The van der Waals surface area contributed by atoms with E-state index in [4.69, 9.17) is 0 Å². The van der Waals surface area contributed by atoms with Crippen molar-refractivity contribution in [3.63, 3.8) is 0 Å². The Balaban J connectivity index is 2.39. The monoisotopic (exact) mass is 372 g/mol. The molecule has 0 saturated carbocycles. The molecule has 0 fully saturated rings. The Morgan fingerprint density at radius 1 is 1.42 bits per heavy atom. The highest BCUT2D eigenvalue weighted by atomic mass is 127. The van der Waals surface area contributed by atoms with Crippen molar-refractivity contribution < 1.29 is 9.90 Å². The summed E-state index contributed by atoms with van der Waals surface area (Å²) < 4.78 is 2.55. The molecule has 100 valence electrons. The fraction of sp³-hybridized carbons (Fsp3) is 0.333. The number of carbonyl (C=O) groups is 1. The highest BCUT2D eigenvalue weighted by molar-refractivity contribution is 14.1. The number of carboxylic acid groups (broad SMARTS) is 1. The zero-order valence-electron chi connectivity index (χ0n) is 10.5. The van der Waals surface area contributed by atoms with Gasteiger partial charge in [-0.25, -0.2) is 4.68 Å². The molecule has 0 aliphatic heterocycles. The van der Waals surface area contributed by atoms with Crippen molar-refractivity contribution in [2.45, 2.75) is 20.4 Å². The summed E-state index contributed by atoms with van der Waals surface area (Å²) in [4.78, 5) is 11.2. The van der Waals surface area contributed by atoms with E-state index in [9.17, 15) is 9.90 Å². The molecule has 0 unspecified atom stereocenters. The quantitative estimate of drug-likeness (QED) is 0.831. The molecule has 0 atom stereocenters. The van der Waals surface area contributed by atoms with Crippen molar-refractivity contribution in [1.29, 1.82) is 0 Å². The fourth-order valence-corrected chi connectivity index (χ4v) is 2.22. The van der Waals surface area contributed by atoms with Crippen LogP contribution in [-0.2, 0) is 11.3 Å². The molecular weight excluding hydrogens is 359 g/mol. The molecule has 1 heterocycles. The van der Waals surface area contributed by atoms with E-state index in [0.717, 1.165) is 9.13 Å². The van der Waals surface area contributed by atoms with Gasteiger partial charge in [0.1, 0.15) is 0 Å². The molecule has 0 aliphatic rings. The van der Waals surface area contributed by atoms with E-state index in [1.54, 1.807) is 13.8 Å². The Labute approximate surface area is 124 Å². The van der Waals surface area contributed by atoms with Gasteiger partial charge in [-0.2, -0.15) is 0 Å². The third kappa shape index (κ3) is 2.91. The van der Waals surface area contributed by atoms with Gasteiger partial charge in [0.05, 0.1) is 12.0 Å². The van der Waals surface area contributed by atoms with Gasteiger partial charge in [-0.1, -0.05) is 18.2 Å². The lowest BCUT2D eigenvalue weighted by atomic mass is 9.94. The highest BCUT2D eigenvalue weighted by Crippen LogP contribution is 2.25. The first-order valence-electron chi connectivity index (χ1n) is 5.66. The predicted octanol–water partition coefficient (Wildman–Crippen LogP) is 2.06. The molecule has 19 heavy (non-hydrogen) atoms. The van der Waals surface area contributed by atoms with Crippen LogP contribution in [0.4, 0.5) is 0 Å². The molecule has 0 bridgehead atoms. The Morgan fingerprint density at radius 2 is 2.11 bits per heavy atom. The van der Waals surface area contributed by atoms with Gasteiger partial charge in [0.15, 0.2) is 5.82 Å². The fourth-order valence-electron chi connectivity index (χ4n) is 1.59. The number of nitrogens with zero attached hydrogens (tertiary/aromatic N) is 4. The SMILES string of the molecule is CC(C)(Cn1nnnc1-c1ccccc1I)C(=O)O. The Kier molecular flexibility index (Phi) is 3.83. The van der Waals surface area contributed by atoms with Crippen LogP contribution in [0.5, 0.6) is 0 Å². The van der Waals surface area contributed by atoms with E-state index in [-0.39, 0.29) is 6.54 Å².